The molecule has 164 valence electrons. The maximum absolute atomic E-state index is 12.4. The number of thioether (sulfide) groups is 1. The number of rotatable bonds is 8. The summed E-state index contributed by atoms with van der Waals surface area (Å²) in [5.74, 6) is 1.46. The van der Waals surface area contributed by atoms with Gasteiger partial charge in [0.1, 0.15) is 5.75 Å². The number of aromatic nitrogens is 3. The SMILES string of the molecule is CCn1c(SCC(=O)Nc2cc(Cl)ccc2Cl)nnc1C(C)Oc1cc(C)cc(C)c1. The maximum Gasteiger partial charge on any atom is 0.234 e. The van der Waals surface area contributed by atoms with E-state index in [4.69, 9.17) is 27.9 Å². The largest absolute Gasteiger partial charge is 0.483 e. The Morgan fingerprint density at radius 3 is 2.55 bits per heavy atom. The number of hydrogen-bond acceptors (Lipinski definition) is 5. The van der Waals surface area contributed by atoms with Crippen LogP contribution in [0.5, 0.6) is 5.75 Å². The molecule has 1 N–H and O–H groups in total. The van der Waals surface area contributed by atoms with Gasteiger partial charge in [0, 0.05) is 11.6 Å². The molecule has 1 unspecified atom stereocenters. The smallest absolute Gasteiger partial charge is 0.234 e. The summed E-state index contributed by atoms with van der Waals surface area (Å²) in [4.78, 5) is 12.4. The Morgan fingerprint density at radius 2 is 1.87 bits per heavy atom. The summed E-state index contributed by atoms with van der Waals surface area (Å²) >= 11 is 13.4. The molecule has 0 aliphatic heterocycles. The van der Waals surface area contributed by atoms with Gasteiger partial charge in [-0.3, -0.25) is 4.79 Å². The molecule has 1 aromatic heterocycles. The molecule has 3 rings (SSSR count). The van der Waals surface area contributed by atoms with Crippen LogP contribution in [-0.2, 0) is 11.3 Å². The second-order valence-electron chi connectivity index (χ2n) is 7.13. The molecule has 1 heterocycles. The van der Waals surface area contributed by atoms with Crippen LogP contribution in [-0.4, -0.2) is 26.4 Å². The van der Waals surface area contributed by atoms with Crippen molar-refractivity contribution in [3.05, 3.63) is 63.4 Å². The minimum atomic E-state index is -0.290. The van der Waals surface area contributed by atoms with Crippen molar-refractivity contribution in [2.24, 2.45) is 0 Å². The van der Waals surface area contributed by atoms with E-state index in [0.29, 0.717) is 33.3 Å². The lowest BCUT2D eigenvalue weighted by molar-refractivity contribution is -0.113. The number of carbonyl (C=O) groups excluding carboxylic acids is 1. The highest BCUT2D eigenvalue weighted by molar-refractivity contribution is 7.99. The summed E-state index contributed by atoms with van der Waals surface area (Å²) < 4.78 is 8.06. The molecule has 6 nitrogen and oxygen atoms in total. The molecule has 1 atom stereocenters. The van der Waals surface area contributed by atoms with E-state index in [1.165, 1.54) is 11.8 Å². The first-order valence-corrected chi connectivity index (χ1v) is 11.6. The van der Waals surface area contributed by atoms with Crippen LogP contribution in [0, 0.1) is 13.8 Å². The van der Waals surface area contributed by atoms with Gasteiger partial charge in [0.15, 0.2) is 17.1 Å². The molecule has 0 aliphatic carbocycles. The van der Waals surface area contributed by atoms with Gasteiger partial charge in [-0.25, -0.2) is 0 Å². The monoisotopic (exact) mass is 478 g/mol. The van der Waals surface area contributed by atoms with E-state index >= 15 is 0 Å². The zero-order valence-corrected chi connectivity index (χ0v) is 20.1. The number of benzene rings is 2. The van der Waals surface area contributed by atoms with Gasteiger partial charge in [-0.05, 0) is 69.2 Å². The van der Waals surface area contributed by atoms with Crippen LogP contribution in [0.1, 0.15) is 36.9 Å². The zero-order valence-electron chi connectivity index (χ0n) is 17.8. The predicted octanol–water partition coefficient (Wildman–Crippen LogP) is 6.09. The Morgan fingerprint density at radius 1 is 1.16 bits per heavy atom. The van der Waals surface area contributed by atoms with E-state index in [9.17, 15) is 4.79 Å². The second-order valence-corrected chi connectivity index (χ2v) is 8.92. The molecular weight excluding hydrogens is 455 g/mol. The Hall–Kier alpha value is -2.22. The molecule has 3 aromatic rings. The fourth-order valence-corrected chi connectivity index (χ4v) is 4.32. The number of anilines is 1. The number of hydrogen-bond donors (Lipinski definition) is 1. The van der Waals surface area contributed by atoms with Crippen molar-refractivity contribution in [1.29, 1.82) is 0 Å². The molecule has 0 aliphatic rings. The summed E-state index contributed by atoms with van der Waals surface area (Å²) in [7, 11) is 0. The summed E-state index contributed by atoms with van der Waals surface area (Å²) in [5, 5.41) is 12.9. The second kappa shape index (κ2) is 10.4. The lowest BCUT2D eigenvalue weighted by Gasteiger charge is -2.16. The van der Waals surface area contributed by atoms with Crippen molar-refractivity contribution in [3.63, 3.8) is 0 Å². The van der Waals surface area contributed by atoms with Gasteiger partial charge in [0.25, 0.3) is 0 Å². The highest BCUT2D eigenvalue weighted by Crippen LogP contribution is 2.28. The van der Waals surface area contributed by atoms with Gasteiger partial charge < -0.3 is 14.6 Å². The maximum atomic E-state index is 12.4. The Bertz CT molecular complexity index is 1070. The van der Waals surface area contributed by atoms with Crippen LogP contribution in [0.3, 0.4) is 0 Å². The number of aryl methyl sites for hydroxylation is 2. The number of carbonyl (C=O) groups is 1. The van der Waals surface area contributed by atoms with Gasteiger partial charge in [-0.15, -0.1) is 10.2 Å². The van der Waals surface area contributed by atoms with E-state index in [0.717, 1.165) is 16.9 Å². The lowest BCUT2D eigenvalue weighted by Crippen LogP contribution is -2.15. The van der Waals surface area contributed by atoms with E-state index in [-0.39, 0.29) is 17.8 Å². The van der Waals surface area contributed by atoms with Gasteiger partial charge in [-0.2, -0.15) is 0 Å². The lowest BCUT2D eigenvalue weighted by atomic mass is 10.1. The third-order valence-corrected chi connectivity index (χ3v) is 6.00. The van der Waals surface area contributed by atoms with Crippen LogP contribution < -0.4 is 10.1 Å². The Balaban J connectivity index is 1.66. The third kappa shape index (κ3) is 6.15. The average molecular weight is 479 g/mol. The zero-order chi connectivity index (χ0) is 22.5. The Kier molecular flexibility index (Phi) is 7.86. The average Bonchev–Trinajstić information content (AvgIpc) is 3.11. The highest BCUT2D eigenvalue weighted by Gasteiger charge is 2.20. The molecule has 2 aromatic carbocycles. The van der Waals surface area contributed by atoms with Crippen molar-refractivity contribution in [2.45, 2.75) is 45.5 Å². The molecule has 0 bridgehead atoms. The van der Waals surface area contributed by atoms with Crippen LogP contribution in [0.15, 0.2) is 41.6 Å². The highest BCUT2D eigenvalue weighted by atomic mass is 35.5. The first-order chi connectivity index (χ1) is 14.8. The van der Waals surface area contributed by atoms with E-state index < -0.39 is 0 Å². The molecule has 0 fully saturated rings. The minimum absolute atomic E-state index is 0.160. The fraction of sp³-hybridized carbons (Fsp3) is 0.318. The van der Waals surface area contributed by atoms with Gasteiger partial charge in [0.05, 0.1) is 16.5 Å². The van der Waals surface area contributed by atoms with Gasteiger partial charge in [0.2, 0.25) is 5.91 Å². The molecule has 0 radical (unpaired) electrons. The predicted molar refractivity (Wildman–Crippen MR) is 126 cm³/mol. The van der Waals surface area contributed by atoms with Crippen molar-refractivity contribution in [2.75, 3.05) is 11.1 Å². The van der Waals surface area contributed by atoms with Crippen LogP contribution >= 0.6 is 35.0 Å². The van der Waals surface area contributed by atoms with Crippen LogP contribution in [0.4, 0.5) is 5.69 Å². The van der Waals surface area contributed by atoms with Crippen LogP contribution in [0.25, 0.3) is 0 Å². The molecule has 0 saturated heterocycles. The van der Waals surface area contributed by atoms with Gasteiger partial charge in [-0.1, -0.05) is 41.0 Å². The quantitative estimate of drug-likeness (QED) is 0.396. The number of nitrogens with zero attached hydrogens (tertiary/aromatic N) is 3. The van der Waals surface area contributed by atoms with E-state index in [2.05, 4.69) is 21.6 Å². The molecule has 31 heavy (non-hydrogen) atoms. The summed E-state index contributed by atoms with van der Waals surface area (Å²) in [6.45, 7) is 8.68. The first kappa shape index (κ1) is 23.4. The van der Waals surface area contributed by atoms with Crippen molar-refractivity contribution in [3.8, 4) is 5.75 Å². The van der Waals surface area contributed by atoms with Crippen molar-refractivity contribution >= 4 is 46.6 Å². The number of nitrogens with one attached hydrogen (secondary N) is 1. The van der Waals surface area contributed by atoms with Crippen molar-refractivity contribution in [1.82, 2.24) is 14.8 Å². The molecule has 1 amide bonds. The molecule has 0 spiro atoms. The minimum Gasteiger partial charge on any atom is -0.483 e. The normalized spacial score (nSPS) is 11.9. The van der Waals surface area contributed by atoms with E-state index in [1.807, 2.05) is 44.4 Å². The fourth-order valence-electron chi connectivity index (χ4n) is 3.17. The van der Waals surface area contributed by atoms with Crippen molar-refractivity contribution < 1.29 is 9.53 Å². The summed E-state index contributed by atoms with van der Waals surface area (Å²) in [6.07, 6.45) is -0.290. The molecule has 0 saturated carbocycles. The third-order valence-electron chi connectivity index (χ3n) is 4.47. The first-order valence-electron chi connectivity index (χ1n) is 9.82. The topological polar surface area (TPSA) is 69.0 Å². The standard InChI is InChI=1S/C22H24Cl2N4O2S/c1-5-28-21(15(4)30-17-9-13(2)8-14(3)10-17)26-27-22(28)31-12-20(29)25-19-11-16(23)6-7-18(19)24/h6-11,15H,5,12H2,1-4H3,(H,25,29). The van der Waals surface area contributed by atoms with E-state index in [1.54, 1.807) is 18.2 Å². The molecule has 9 heteroatoms. The van der Waals surface area contributed by atoms with Crippen LogP contribution in [0.2, 0.25) is 10.0 Å². The molecular formula is C22H24Cl2N4O2S. The summed E-state index contributed by atoms with van der Waals surface area (Å²) in [5.41, 5.74) is 2.76. The summed E-state index contributed by atoms with van der Waals surface area (Å²) in [6, 6.07) is 11.0. The van der Waals surface area contributed by atoms with Gasteiger partial charge >= 0.3 is 0 Å². The number of halogens is 2. The Labute approximate surface area is 196 Å². The number of ether oxygens (including phenoxy) is 1. The number of amides is 1.